The molecule has 2 aromatic carbocycles. The SMILES string of the molecule is COC(=O)c1ccccc1Cn1cc(-c2cnc3ccccc3n2)nn1. The van der Waals surface area contributed by atoms with E-state index in [0.29, 0.717) is 23.5 Å². The standard InChI is InChI=1S/C19H15N5O2/c1-26-19(25)14-7-3-2-6-13(14)11-24-12-18(22-23-24)17-10-20-15-8-4-5-9-16(15)21-17/h2-10,12H,11H2,1H3. The van der Waals surface area contributed by atoms with Crippen molar-refractivity contribution in [3.8, 4) is 11.4 Å². The third kappa shape index (κ3) is 3.02. The lowest BCUT2D eigenvalue weighted by Gasteiger charge is -2.07. The van der Waals surface area contributed by atoms with Gasteiger partial charge in [-0.25, -0.2) is 14.5 Å². The molecule has 0 fully saturated rings. The van der Waals surface area contributed by atoms with Crippen molar-refractivity contribution in [1.29, 1.82) is 0 Å². The van der Waals surface area contributed by atoms with E-state index < -0.39 is 0 Å². The van der Waals surface area contributed by atoms with E-state index in [1.54, 1.807) is 29.2 Å². The molecule has 0 aliphatic carbocycles. The summed E-state index contributed by atoms with van der Waals surface area (Å²) in [7, 11) is 1.37. The fourth-order valence-electron chi connectivity index (χ4n) is 2.72. The van der Waals surface area contributed by atoms with Crippen LogP contribution in [0, 0.1) is 0 Å². The van der Waals surface area contributed by atoms with Crippen LogP contribution in [0.4, 0.5) is 0 Å². The first-order valence-corrected chi connectivity index (χ1v) is 8.03. The van der Waals surface area contributed by atoms with Gasteiger partial charge in [0.1, 0.15) is 11.4 Å². The minimum Gasteiger partial charge on any atom is -0.465 e. The molecule has 0 aliphatic rings. The van der Waals surface area contributed by atoms with E-state index in [2.05, 4.69) is 20.3 Å². The van der Waals surface area contributed by atoms with E-state index >= 15 is 0 Å². The summed E-state index contributed by atoms with van der Waals surface area (Å²) in [6.07, 6.45) is 3.46. The number of esters is 1. The average Bonchev–Trinajstić information content (AvgIpc) is 3.16. The van der Waals surface area contributed by atoms with Crippen molar-refractivity contribution in [3.05, 3.63) is 72.1 Å². The van der Waals surface area contributed by atoms with Crippen LogP contribution in [0.3, 0.4) is 0 Å². The van der Waals surface area contributed by atoms with Gasteiger partial charge < -0.3 is 4.74 Å². The van der Waals surface area contributed by atoms with Crippen molar-refractivity contribution >= 4 is 17.0 Å². The molecule has 4 rings (SSSR count). The number of carbonyl (C=O) groups excluding carboxylic acids is 1. The number of hydrogen-bond acceptors (Lipinski definition) is 6. The molecule has 0 bridgehead atoms. The molecule has 7 nitrogen and oxygen atoms in total. The first kappa shape index (κ1) is 15.9. The van der Waals surface area contributed by atoms with Crippen molar-refractivity contribution in [1.82, 2.24) is 25.0 Å². The van der Waals surface area contributed by atoms with Crippen LogP contribution in [0.5, 0.6) is 0 Å². The highest BCUT2D eigenvalue weighted by Gasteiger charge is 2.13. The van der Waals surface area contributed by atoms with Crippen molar-refractivity contribution in [2.24, 2.45) is 0 Å². The van der Waals surface area contributed by atoms with Crippen LogP contribution >= 0.6 is 0 Å². The fraction of sp³-hybridized carbons (Fsp3) is 0.105. The van der Waals surface area contributed by atoms with Gasteiger partial charge in [0, 0.05) is 0 Å². The molecule has 0 saturated carbocycles. The Morgan fingerprint density at radius 2 is 1.81 bits per heavy atom. The molecule has 7 heteroatoms. The Bertz CT molecular complexity index is 1090. The van der Waals surface area contributed by atoms with Gasteiger partial charge in [-0.05, 0) is 23.8 Å². The molecule has 0 unspecified atom stereocenters. The van der Waals surface area contributed by atoms with Crippen molar-refractivity contribution in [2.75, 3.05) is 7.11 Å². The first-order valence-electron chi connectivity index (χ1n) is 8.03. The maximum atomic E-state index is 11.9. The molecule has 4 aromatic rings. The van der Waals surface area contributed by atoms with Gasteiger partial charge in [0.05, 0.1) is 42.6 Å². The maximum absolute atomic E-state index is 11.9. The van der Waals surface area contributed by atoms with Crippen LogP contribution < -0.4 is 0 Å². The Morgan fingerprint density at radius 1 is 1.04 bits per heavy atom. The summed E-state index contributed by atoms with van der Waals surface area (Å²) >= 11 is 0. The van der Waals surface area contributed by atoms with E-state index in [0.717, 1.165) is 16.6 Å². The molecule has 0 spiro atoms. The first-order chi connectivity index (χ1) is 12.7. The maximum Gasteiger partial charge on any atom is 0.338 e. The number of hydrogen-bond donors (Lipinski definition) is 0. The number of methoxy groups -OCH3 is 1. The molecule has 0 aliphatic heterocycles. The molecular weight excluding hydrogens is 330 g/mol. The lowest BCUT2D eigenvalue weighted by molar-refractivity contribution is 0.0599. The summed E-state index contributed by atoms with van der Waals surface area (Å²) in [5.41, 5.74) is 4.22. The predicted octanol–water partition coefficient (Wildman–Crippen LogP) is 2.72. The quantitative estimate of drug-likeness (QED) is 0.529. The zero-order valence-electron chi connectivity index (χ0n) is 14.0. The van der Waals surface area contributed by atoms with Gasteiger partial charge in [0.25, 0.3) is 0 Å². The smallest absolute Gasteiger partial charge is 0.338 e. The van der Waals surface area contributed by atoms with Crippen LogP contribution in [0.1, 0.15) is 15.9 Å². The summed E-state index contributed by atoms with van der Waals surface area (Å²) in [4.78, 5) is 20.9. The second-order valence-electron chi connectivity index (χ2n) is 5.69. The van der Waals surface area contributed by atoms with Crippen LogP contribution in [-0.4, -0.2) is 38.0 Å². The van der Waals surface area contributed by atoms with E-state index in [9.17, 15) is 4.79 Å². The van der Waals surface area contributed by atoms with Crippen LogP contribution in [-0.2, 0) is 11.3 Å². The highest BCUT2D eigenvalue weighted by molar-refractivity contribution is 5.91. The number of aromatic nitrogens is 5. The molecule has 0 atom stereocenters. The lowest BCUT2D eigenvalue weighted by Crippen LogP contribution is -2.09. The van der Waals surface area contributed by atoms with E-state index in [1.165, 1.54) is 7.11 Å². The summed E-state index contributed by atoms with van der Waals surface area (Å²) < 4.78 is 6.49. The second kappa shape index (κ2) is 6.72. The second-order valence-corrected chi connectivity index (χ2v) is 5.69. The minimum absolute atomic E-state index is 0.374. The van der Waals surface area contributed by atoms with Crippen molar-refractivity contribution in [2.45, 2.75) is 6.54 Å². The Morgan fingerprint density at radius 3 is 2.65 bits per heavy atom. The normalized spacial score (nSPS) is 10.8. The zero-order chi connectivity index (χ0) is 17.9. The summed E-state index contributed by atoms with van der Waals surface area (Å²) in [6.45, 7) is 0.402. The molecule has 26 heavy (non-hydrogen) atoms. The molecular formula is C19H15N5O2. The number of carbonyl (C=O) groups is 1. The van der Waals surface area contributed by atoms with Gasteiger partial charge in [0.15, 0.2) is 0 Å². The summed E-state index contributed by atoms with van der Waals surface area (Å²) in [5, 5.41) is 8.32. The van der Waals surface area contributed by atoms with E-state index in [-0.39, 0.29) is 5.97 Å². The third-order valence-electron chi connectivity index (χ3n) is 4.00. The van der Waals surface area contributed by atoms with Crippen molar-refractivity contribution in [3.63, 3.8) is 0 Å². The van der Waals surface area contributed by atoms with Crippen LogP contribution in [0.25, 0.3) is 22.4 Å². The van der Waals surface area contributed by atoms with Gasteiger partial charge in [-0.3, -0.25) is 4.98 Å². The third-order valence-corrected chi connectivity index (χ3v) is 4.00. The number of nitrogens with zero attached hydrogens (tertiary/aromatic N) is 5. The highest BCUT2D eigenvalue weighted by Crippen LogP contribution is 2.17. The predicted molar refractivity (Wildman–Crippen MR) is 95.4 cm³/mol. The Labute approximate surface area is 149 Å². The van der Waals surface area contributed by atoms with Crippen molar-refractivity contribution < 1.29 is 9.53 Å². The molecule has 0 N–H and O–H groups in total. The molecule has 0 saturated heterocycles. The molecule has 0 radical (unpaired) electrons. The van der Waals surface area contributed by atoms with E-state index in [1.807, 2.05) is 36.4 Å². The fourth-order valence-corrected chi connectivity index (χ4v) is 2.72. The number of rotatable bonds is 4. The summed E-state index contributed by atoms with van der Waals surface area (Å²) in [5.74, 6) is -0.374. The van der Waals surface area contributed by atoms with Gasteiger partial charge in [-0.15, -0.1) is 5.10 Å². The summed E-state index contributed by atoms with van der Waals surface area (Å²) in [6, 6.07) is 14.9. The van der Waals surface area contributed by atoms with Crippen LogP contribution in [0.2, 0.25) is 0 Å². The zero-order valence-corrected chi connectivity index (χ0v) is 14.0. The lowest BCUT2D eigenvalue weighted by atomic mass is 10.1. The minimum atomic E-state index is -0.374. The van der Waals surface area contributed by atoms with Gasteiger partial charge in [-0.1, -0.05) is 35.5 Å². The average molecular weight is 345 g/mol. The Hall–Kier alpha value is -3.61. The molecule has 0 amide bonds. The molecule has 2 aromatic heterocycles. The van der Waals surface area contributed by atoms with Gasteiger partial charge >= 0.3 is 5.97 Å². The topological polar surface area (TPSA) is 82.8 Å². The Kier molecular flexibility index (Phi) is 4.10. The van der Waals surface area contributed by atoms with E-state index in [4.69, 9.17) is 4.74 Å². The number of para-hydroxylation sites is 2. The molecule has 2 heterocycles. The highest BCUT2D eigenvalue weighted by atomic mass is 16.5. The largest absolute Gasteiger partial charge is 0.465 e. The number of benzene rings is 2. The van der Waals surface area contributed by atoms with Gasteiger partial charge in [0.2, 0.25) is 0 Å². The number of fused-ring (bicyclic) bond motifs is 1. The van der Waals surface area contributed by atoms with Gasteiger partial charge in [-0.2, -0.15) is 0 Å². The van der Waals surface area contributed by atoms with Crippen LogP contribution in [0.15, 0.2) is 60.9 Å². The number of ether oxygens (including phenoxy) is 1. The monoisotopic (exact) mass is 345 g/mol. The Balaban J connectivity index is 1.63. The molecule has 128 valence electrons.